The van der Waals surface area contributed by atoms with Gasteiger partial charge in [-0.05, 0) is 42.8 Å². The first kappa shape index (κ1) is 18.6. The molecule has 3 amide bonds. The van der Waals surface area contributed by atoms with Gasteiger partial charge < -0.3 is 10.1 Å². The molecule has 0 spiro atoms. The van der Waals surface area contributed by atoms with Gasteiger partial charge in [0, 0.05) is 5.69 Å². The van der Waals surface area contributed by atoms with Crippen LogP contribution in [0.2, 0.25) is 0 Å². The largest absolute Gasteiger partial charge is 0.497 e. The average Bonchev–Trinajstić information content (AvgIpc) is 2.94. The topological polar surface area (TPSA) is 75.7 Å². The number of carbonyl (C=O) groups excluding carboxylic acids is 3. The number of rotatable bonds is 7. The lowest BCUT2D eigenvalue weighted by Gasteiger charge is -2.25. The summed E-state index contributed by atoms with van der Waals surface area (Å²) in [5.41, 5.74) is 1.28. The van der Waals surface area contributed by atoms with Crippen molar-refractivity contribution in [1.82, 2.24) is 4.90 Å². The lowest BCUT2D eigenvalue weighted by Crippen LogP contribution is -2.47. The van der Waals surface area contributed by atoms with Crippen molar-refractivity contribution in [2.24, 2.45) is 0 Å². The van der Waals surface area contributed by atoms with Crippen LogP contribution in [0, 0.1) is 0 Å². The van der Waals surface area contributed by atoms with Gasteiger partial charge in [0.1, 0.15) is 11.8 Å². The fourth-order valence-electron chi connectivity index (χ4n) is 3.17. The normalized spacial score (nSPS) is 14.1. The molecule has 27 heavy (non-hydrogen) atoms. The number of ether oxygens (including phenoxy) is 1. The summed E-state index contributed by atoms with van der Waals surface area (Å²) < 4.78 is 5.11. The molecule has 6 nitrogen and oxygen atoms in total. The molecule has 0 saturated heterocycles. The highest BCUT2D eigenvalue weighted by Gasteiger charge is 2.42. The summed E-state index contributed by atoms with van der Waals surface area (Å²) in [5, 5.41) is 2.81. The van der Waals surface area contributed by atoms with Crippen LogP contribution in [0.1, 0.15) is 46.9 Å². The number of hydrogen-bond donors (Lipinski definition) is 1. The van der Waals surface area contributed by atoms with Crippen LogP contribution in [0.3, 0.4) is 0 Å². The van der Waals surface area contributed by atoms with Crippen LogP contribution in [-0.2, 0) is 4.79 Å². The van der Waals surface area contributed by atoms with Crippen LogP contribution in [0.5, 0.6) is 5.75 Å². The Bertz CT molecular complexity index is 826. The van der Waals surface area contributed by atoms with E-state index in [2.05, 4.69) is 5.32 Å². The molecule has 0 unspecified atom stereocenters. The molecule has 1 N–H and O–H groups in total. The SMILES string of the molecule is CCCC[C@@H](C(=O)Nc1ccc(OC)cc1)N1C(=O)c2ccccc2C1=O. The molecular weight excluding hydrogens is 344 g/mol. The molecule has 6 heteroatoms. The van der Waals surface area contributed by atoms with E-state index in [1.807, 2.05) is 6.92 Å². The van der Waals surface area contributed by atoms with E-state index in [1.165, 1.54) is 0 Å². The summed E-state index contributed by atoms with van der Waals surface area (Å²) in [6.45, 7) is 2.00. The van der Waals surface area contributed by atoms with Gasteiger partial charge in [0.25, 0.3) is 11.8 Å². The van der Waals surface area contributed by atoms with E-state index in [1.54, 1.807) is 55.6 Å². The van der Waals surface area contributed by atoms with Crippen molar-refractivity contribution < 1.29 is 19.1 Å². The third-order valence-corrected chi connectivity index (χ3v) is 4.63. The van der Waals surface area contributed by atoms with Crippen LogP contribution in [0.4, 0.5) is 5.69 Å². The van der Waals surface area contributed by atoms with E-state index in [0.717, 1.165) is 17.7 Å². The Morgan fingerprint density at radius 2 is 1.63 bits per heavy atom. The molecule has 0 fully saturated rings. The zero-order valence-electron chi connectivity index (χ0n) is 15.4. The van der Waals surface area contributed by atoms with Crippen molar-refractivity contribution in [3.63, 3.8) is 0 Å². The zero-order valence-corrected chi connectivity index (χ0v) is 15.4. The number of methoxy groups -OCH3 is 1. The maximum Gasteiger partial charge on any atom is 0.262 e. The Balaban J connectivity index is 1.84. The number of carbonyl (C=O) groups is 3. The fourth-order valence-corrected chi connectivity index (χ4v) is 3.17. The number of amides is 3. The molecule has 140 valence electrons. The minimum absolute atomic E-state index is 0.348. The second-order valence-electron chi connectivity index (χ2n) is 6.40. The van der Waals surface area contributed by atoms with Gasteiger partial charge in [-0.2, -0.15) is 0 Å². The van der Waals surface area contributed by atoms with Crippen molar-refractivity contribution in [3.05, 3.63) is 59.7 Å². The lowest BCUT2D eigenvalue weighted by atomic mass is 10.1. The standard InChI is InChI=1S/C21H22N2O4/c1-3-4-9-18(19(24)22-14-10-12-15(27-2)13-11-14)23-20(25)16-7-5-6-8-17(16)21(23)26/h5-8,10-13,18H,3-4,9H2,1-2H3,(H,22,24)/t18-/m0/s1. The van der Waals surface area contributed by atoms with Crippen LogP contribution in [-0.4, -0.2) is 35.8 Å². The van der Waals surface area contributed by atoms with Crippen molar-refractivity contribution in [3.8, 4) is 5.75 Å². The van der Waals surface area contributed by atoms with Gasteiger partial charge >= 0.3 is 0 Å². The highest BCUT2D eigenvalue weighted by atomic mass is 16.5. The smallest absolute Gasteiger partial charge is 0.262 e. The summed E-state index contributed by atoms with van der Waals surface area (Å²) >= 11 is 0. The number of anilines is 1. The minimum Gasteiger partial charge on any atom is -0.497 e. The monoisotopic (exact) mass is 366 g/mol. The summed E-state index contributed by atoms with van der Waals surface area (Å²) in [6, 6.07) is 12.7. The first-order valence-electron chi connectivity index (χ1n) is 8.98. The molecule has 3 rings (SSSR count). The summed E-state index contributed by atoms with van der Waals surface area (Å²) in [5.74, 6) is -0.526. The Morgan fingerprint density at radius 3 is 2.15 bits per heavy atom. The molecule has 1 atom stereocenters. The maximum atomic E-state index is 12.9. The van der Waals surface area contributed by atoms with Gasteiger partial charge in [0.2, 0.25) is 5.91 Å². The molecule has 0 bridgehead atoms. The molecule has 0 aliphatic carbocycles. The van der Waals surface area contributed by atoms with Crippen molar-refractivity contribution in [2.45, 2.75) is 32.2 Å². The predicted octanol–water partition coefficient (Wildman–Crippen LogP) is 3.49. The number of nitrogens with one attached hydrogen (secondary N) is 1. The van der Waals surface area contributed by atoms with Crippen LogP contribution < -0.4 is 10.1 Å². The second kappa shape index (κ2) is 8.03. The second-order valence-corrected chi connectivity index (χ2v) is 6.40. The minimum atomic E-state index is -0.848. The highest BCUT2D eigenvalue weighted by Crippen LogP contribution is 2.27. The third-order valence-electron chi connectivity index (χ3n) is 4.63. The van der Waals surface area contributed by atoms with Crippen LogP contribution in [0.15, 0.2) is 48.5 Å². The Hall–Kier alpha value is -3.15. The van der Waals surface area contributed by atoms with E-state index < -0.39 is 17.9 Å². The van der Waals surface area contributed by atoms with Crippen molar-refractivity contribution in [1.29, 1.82) is 0 Å². The predicted molar refractivity (Wildman–Crippen MR) is 102 cm³/mol. The summed E-state index contributed by atoms with van der Waals surface area (Å²) in [4.78, 5) is 39.5. The van der Waals surface area contributed by atoms with E-state index in [9.17, 15) is 14.4 Å². The van der Waals surface area contributed by atoms with Gasteiger partial charge in [-0.15, -0.1) is 0 Å². The van der Waals surface area contributed by atoms with Gasteiger partial charge in [0.15, 0.2) is 0 Å². The van der Waals surface area contributed by atoms with E-state index in [-0.39, 0.29) is 5.91 Å². The zero-order chi connectivity index (χ0) is 19.4. The van der Waals surface area contributed by atoms with E-state index in [4.69, 9.17) is 4.74 Å². The molecule has 2 aromatic carbocycles. The molecule has 1 aliphatic heterocycles. The van der Waals surface area contributed by atoms with Crippen LogP contribution >= 0.6 is 0 Å². The molecule has 2 aromatic rings. The number of benzene rings is 2. The summed E-state index contributed by atoms with van der Waals surface area (Å²) in [6.07, 6.45) is 2.01. The van der Waals surface area contributed by atoms with E-state index in [0.29, 0.717) is 29.0 Å². The molecule has 0 saturated carbocycles. The quantitative estimate of drug-likeness (QED) is 0.761. The summed E-state index contributed by atoms with van der Waals surface area (Å²) in [7, 11) is 1.57. The third kappa shape index (κ3) is 3.69. The van der Waals surface area contributed by atoms with Gasteiger partial charge in [0.05, 0.1) is 18.2 Å². The number of imide groups is 1. The molecule has 0 radical (unpaired) electrons. The molecule has 1 aliphatic rings. The van der Waals surface area contributed by atoms with Gasteiger partial charge in [-0.25, -0.2) is 0 Å². The Morgan fingerprint density at radius 1 is 1.04 bits per heavy atom. The lowest BCUT2D eigenvalue weighted by molar-refractivity contribution is -0.120. The first-order chi connectivity index (χ1) is 13.1. The number of fused-ring (bicyclic) bond motifs is 1. The van der Waals surface area contributed by atoms with Crippen molar-refractivity contribution >= 4 is 23.4 Å². The van der Waals surface area contributed by atoms with Crippen LogP contribution in [0.25, 0.3) is 0 Å². The highest BCUT2D eigenvalue weighted by molar-refractivity contribution is 6.23. The number of nitrogens with zero attached hydrogens (tertiary/aromatic N) is 1. The number of hydrogen-bond acceptors (Lipinski definition) is 4. The molecule has 0 aromatic heterocycles. The Kier molecular flexibility index (Phi) is 5.54. The molecular formula is C21H22N2O4. The fraction of sp³-hybridized carbons (Fsp3) is 0.286. The van der Waals surface area contributed by atoms with Gasteiger partial charge in [-0.1, -0.05) is 31.9 Å². The molecule has 1 heterocycles. The Labute approximate surface area is 158 Å². The van der Waals surface area contributed by atoms with E-state index >= 15 is 0 Å². The van der Waals surface area contributed by atoms with Gasteiger partial charge in [-0.3, -0.25) is 19.3 Å². The first-order valence-corrected chi connectivity index (χ1v) is 8.98. The average molecular weight is 366 g/mol. The number of unbranched alkanes of at least 4 members (excludes halogenated alkanes) is 1. The van der Waals surface area contributed by atoms with Crippen molar-refractivity contribution in [2.75, 3.05) is 12.4 Å². The maximum absolute atomic E-state index is 12.9.